The number of alkyl carbamates (subject to hydrolysis) is 1. The molecule has 3 N–H and O–H groups in total. The van der Waals surface area contributed by atoms with Crippen LogP contribution in [0.3, 0.4) is 0 Å². The van der Waals surface area contributed by atoms with E-state index in [1.807, 2.05) is 6.07 Å². The third kappa shape index (κ3) is 9.11. The predicted molar refractivity (Wildman–Crippen MR) is 83.5 cm³/mol. The first-order valence-corrected chi connectivity index (χ1v) is 8.95. The molecule has 0 saturated heterocycles. The quantitative estimate of drug-likeness (QED) is 0.354. The minimum atomic E-state index is -4.15. The van der Waals surface area contributed by atoms with Crippen LogP contribution < -0.4 is 39.5 Å². The van der Waals surface area contributed by atoms with Crippen molar-refractivity contribution in [3.8, 4) is 0 Å². The summed E-state index contributed by atoms with van der Waals surface area (Å²) < 4.78 is 16.7. The van der Waals surface area contributed by atoms with E-state index in [0.717, 1.165) is 5.56 Å². The van der Waals surface area contributed by atoms with Gasteiger partial charge in [-0.05, 0) is 19.4 Å². The summed E-state index contributed by atoms with van der Waals surface area (Å²) >= 11 is 0. The minimum Gasteiger partial charge on any atom is -0.787 e. The average molecular weight is 349 g/mol. The van der Waals surface area contributed by atoms with Gasteiger partial charge in [-0.15, -0.1) is 0 Å². The Balaban J connectivity index is 0.00000529. The number of benzene rings is 1. The van der Waals surface area contributed by atoms with Crippen LogP contribution in [0.5, 0.6) is 0 Å². The zero-order chi connectivity index (χ0) is 17.3. The van der Waals surface area contributed by atoms with Crippen LogP contribution in [0.15, 0.2) is 30.3 Å². The molecule has 0 aliphatic carbocycles. The Morgan fingerprint density at radius 2 is 1.88 bits per heavy atom. The molecule has 0 spiro atoms. The Morgan fingerprint density at radius 3 is 2.46 bits per heavy atom. The smallest absolute Gasteiger partial charge is 0.787 e. The van der Waals surface area contributed by atoms with Gasteiger partial charge < -0.3 is 24.8 Å². The number of amides is 2. The summed E-state index contributed by atoms with van der Waals surface area (Å²) in [5.74, 6) is -0.435. The molecule has 0 fully saturated rings. The molecule has 1 aromatic rings. The first-order valence-electron chi connectivity index (χ1n) is 7.14. The molecular formula is C14H21LiN3O5P. The van der Waals surface area contributed by atoms with Crippen molar-refractivity contribution in [2.75, 3.05) is 12.8 Å². The molecule has 1 rings (SSSR count). The third-order valence-electron chi connectivity index (χ3n) is 2.78. The van der Waals surface area contributed by atoms with Crippen LogP contribution in [-0.2, 0) is 20.7 Å². The number of rotatable bonds is 8. The van der Waals surface area contributed by atoms with E-state index in [0.29, 0.717) is 6.54 Å². The summed E-state index contributed by atoms with van der Waals surface area (Å²) in [5.41, 5.74) is 0.788. The van der Waals surface area contributed by atoms with E-state index in [4.69, 9.17) is 4.74 Å². The van der Waals surface area contributed by atoms with Crippen molar-refractivity contribution < 1.29 is 42.6 Å². The summed E-state index contributed by atoms with van der Waals surface area (Å²) in [6, 6.07) is 8.08. The fraction of sp³-hybridized carbons (Fsp3) is 0.429. The predicted octanol–water partition coefficient (Wildman–Crippen LogP) is -2.46. The van der Waals surface area contributed by atoms with Gasteiger partial charge >= 0.3 is 25.0 Å². The van der Waals surface area contributed by atoms with Crippen molar-refractivity contribution in [3.63, 3.8) is 0 Å². The molecule has 0 aromatic heterocycles. The normalized spacial score (nSPS) is 13.8. The molecule has 0 bridgehead atoms. The van der Waals surface area contributed by atoms with Crippen LogP contribution in [0.2, 0.25) is 0 Å². The van der Waals surface area contributed by atoms with E-state index in [1.54, 1.807) is 31.2 Å². The molecule has 0 radical (unpaired) electrons. The van der Waals surface area contributed by atoms with Gasteiger partial charge in [0.2, 0.25) is 5.91 Å². The van der Waals surface area contributed by atoms with Gasteiger partial charge in [0, 0.05) is 6.54 Å². The Bertz CT molecular complexity index is 573. The number of carbonyl (C=O) groups excluding carboxylic acids is 2. The Hall–Kier alpha value is -1.29. The molecule has 0 aliphatic rings. The van der Waals surface area contributed by atoms with E-state index >= 15 is 0 Å². The van der Waals surface area contributed by atoms with Crippen molar-refractivity contribution in [1.29, 1.82) is 0 Å². The molecule has 0 saturated carbocycles. The van der Waals surface area contributed by atoms with Crippen LogP contribution >= 0.6 is 7.52 Å². The van der Waals surface area contributed by atoms with Gasteiger partial charge in [-0.2, -0.15) is 0 Å². The van der Waals surface area contributed by atoms with Crippen molar-refractivity contribution in [2.45, 2.75) is 26.5 Å². The van der Waals surface area contributed by atoms with Gasteiger partial charge in [-0.3, -0.25) is 9.88 Å². The largest absolute Gasteiger partial charge is 1.00 e. The topological polar surface area (TPSA) is 120 Å². The maximum Gasteiger partial charge on any atom is 1.00 e. The summed E-state index contributed by atoms with van der Waals surface area (Å²) in [6.45, 7) is 3.59. The van der Waals surface area contributed by atoms with Crippen molar-refractivity contribution in [1.82, 2.24) is 15.7 Å². The van der Waals surface area contributed by atoms with E-state index in [-0.39, 0.29) is 25.5 Å². The SMILES string of the molecule is CCNC(=O)[C@H](C)NP(=O)([O-])CNC(=O)OCc1ccccc1.[Li+]. The first kappa shape index (κ1) is 22.7. The monoisotopic (exact) mass is 349 g/mol. The van der Waals surface area contributed by atoms with Crippen molar-refractivity contribution in [3.05, 3.63) is 35.9 Å². The van der Waals surface area contributed by atoms with Crippen LogP contribution in [0.1, 0.15) is 19.4 Å². The number of hydrogen-bond donors (Lipinski definition) is 3. The average Bonchev–Trinajstić information content (AvgIpc) is 2.52. The zero-order valence-corrected chi connectivity index (χ0v) is 15.0. The van der Waals surface area contributed by atoms with Gasteiger partial charge in [-0.25, -0.2) is 4.79 Å². The van der Waals surface area contributed by atoms with E-state index in [9.17, 15) is 19.0 Å². The van der Waals surface area contributed by atoms with Crippen LogP contribution in [-0.4, -0.2) is 30.9 Å². The van der Waals surface area contributed by atoms with E-state index < -0.39 is 31.8 Å². The molecule has 2 atom stereocenters. The maximum absolute atomic E-state index is 11.8. The molecule has 10 heteroatoms. The number of likely N-dealkylation sites (N-methyl/N-ethyl adjacent to an activating group) is 1. The van der Waals surface area contributed by atoms with Crippen molar-refractivity contribution >= 4 is 19.5 Å². The fourth-order valence-corrected chi connectivity index (χ4v) is 2.81. The van der Waals surface area contributed by atoms with Gasteiger partial charge in [0.05, 0.1) is 19.8 Å². The second-order valence-corrected chi connectivity index (χ2v) is 6.74. The maximum atomic E-state index is 11.8. The molecule has 128 valence electrons. The molecule has 1 unspecified atom stereocenters. The second-order valence-electron chi connectivity index (χ2n) is 4.82. The number of carbonyl (C=O) groups is 2. The van der Waals surface area contributed by atoms with Crippen LogP contribution in [0.4, 0.5) is 4.79 Å². The van der Waals surface area contributed by atoms with Gasteiger partial charge in [0.15, 0.2) is 0 Å². The van der Waals surface area contributed by atoms with Crippen LogP contribution in [0, 0.1) is 0 Å². The molecule has 24 heavy (non-hydrogen) atoms. The number of nitrogens with one attached hydrogen (secondary N) is 3. The third-order valence-corrected chi connectivity index (χ3v) is 4.13. The summed E-state index contributed by atoms with van der Waals surface area (Å²) in [4.78, 5) is 34.8. The standard InChI is InChI=1S/C14H22N3O5P.Li/c1-3-15-13(18)11(2)17-23(20,21)10-16-14(19)22-9-12-7-5-4-6-8-12;/h4-8,11H,3,9-10H2,1-2H3,(H,15,18)(H,16,19)(H2,17,20,21);/q;+1/p-1/t11-;/m0./s1. The molecule has 8 nitrogen and oxygen atoms in total. The van der Waals surface area contributed by atoms with E-state index in [1.165, 1.54) is 6.92 Å². The summed E-state index contributed by atoms with van der Waals surface area (Å²) in [6.07, 6.45) is -1.50. The Kier molecular flexibility index (Phi) is 10.7. The Morgan fingerprint density at radius 1 is 1.25 bits per heavy atom. The first-order chi connectivity index (χ1) is 10.8. The zero-order valence-electron chi connectivity index (χ0n) is 14.1. The summed E-state index contributed by atoms with van der Waals surface area (Å²) in [5, 5.41) is 6.82. The summed E-state index contributed by atoms with van der Waals surface area (Å²) in [7, 11) is -4.15. The molecular weight excluding hydrogens is 328 g/mol. The number of hydrogen-bond acceptors (Lipinski definition) is 5. The molecule has 0 aliphatic heterocycles. The molecule has 0 heterocycles. The van der Waals surface area contributed by atoms with Gasteiger partial charge in [0.25, 0.3) is 0 Å². The second kappa shape index (κ2) is 11.3. The van der Waals surface area contributed by atoms with Gasteiger partial charge in [0.1, 0.15) is 6.61 Å². The van der Waals surface area contributed by atoms with Crippen molar-refractivity contribution in [2.24, 2.45) is 0 Å². The minimum absolute atomic E-state index is 0. The molecule has 2 amide bonds. The fourth-order valence-electron chi connectivity index (χ4n) is 1.67. The molecule has 1 aromatic carbocycles. The Labute approximate surface area is 153 Å². The van der Waals surface area contributed by atoms with Crippen LogP contribution in [0.25, 0.3) is 0 Å². The van der Waals surface area contributed by atoms with E-state index in [2.05, 4.69) is 15.7 Å². The number of ether oxygens (including phenoxy) is 1. The van der Waals surface area contributed by atoms with Gasteiger partial charge in [-0.1, -0.05) is 30.3 Å².